The van der Waals surface area contributed by atoms with Crippen LogP contribution in [0.25, 0.3) is 11.5 Å². The predicted octanol–water partition coefficient (Wildman–Crippen LogP) is 6.29. The van der Waals surface area contributed by atoms with Gasteiger partial charge in [-0.15, -0.1) is 21.5 Å². The summed E-state index contributed by atoms with van der Waals surface area (Å²) in [5.74, 6) is 3.86. The molecule has 0 spiro atoms. The maximum atomic E-state index is 12.8. The Hall–Kier alpha value is -3.72. The third-order valence-electron chi connectivity index (χ3n) is 5.99. The summed E-state index contributed by atoms with van der Waals surface area (Å²) < 4.78 is 17.8. The van der Waals surface area contributed by atoms with Crippen LogP contribution in [-0.4, -0.2) is 27.7 Å². The molecule has 0 radical (unpaired) electrons. The zero-order valence-corrected chi connectivity index (χ0v) is 19.8. The zero-order chi connectivity index (χ0) is 23.6. The number of nitrogens with zero attached hydrogens (tertiary/aromatic N) is 3. The van der Waals surface area contributed by atoms with Crippen LogP contribution in [0.15, 0.2) is 58.5 Å². The van der Waals surface area contributed by atoms with E-state index in [9.17, 15) is 4.79 Å². The molecule has 2 aliphatic rings. The molecule has 0 aliphatic heterocycles. The lowest BCUT2D eigenvalue weighted by atomic mass is 10.2. The van der Waals surface area contributed by atoms with Crippen molar-refractivity contribution in [1.29, 1.82) is 0 Å². The molecule has 2 saturated carbocycles. The number of carbonyl (C=O) groups is 1. The van der Waals surface area contributed by atoms with Gasteiger partial charge in [0.1, 0.15) is 17.2 Å². The number of rotatable bonds is 10. The number of amides is 1. The summed E-state index contributed by atoms with van der Waals surface area (Å²) in [5, 5.41) is 13.5. The number of hydrogen-bond acceptors (Lipinski definition) is 8. The predicted molar refractivity (Wildman–Crippen MR) is 131 cm³/mol. The number of nitrogens with one attached hydrogen (secondary N) is 1. The highest BCUT2D eigenvalue weighted by atomic mass is 32.1. The van der Waals surface area contributed by atoms with Gasteiger partial charge in [-0.05, 0) is 61.6 Å². The van der Waals surface area contributed by atoms with Crippen LogP contribution in [0, 0.1) is 5.92 Å². The SMILES string of the molecule is O=C(Nc1nccs1)c1cc(OCCC2CC2)cc(Oc2ccc(-c3nnc(C4CC4)o3)cc2)c1. The molecule has 0 atom stereocenters. The van der Waals surface area contributed by atoms with Crippen molar-refractivity contribution in [2.75, 3.05) is 11.9 Å². The molecule has 0 bridgehead atoms. The standard InChI is InChI=1S/C26H24N4O4S/c31-23(28-26-27-10-12-35-26)19-13-21(32-11-9-16-1-2-16)15-22(14-19)33-20-7-5-18(6-8-20)25-30-29-24(34-25)17-3-4-17/h5-8,10,12-17H,1-4,9,11H2,(H,27,28,31). The van der Waals surface area contributed by atoms with E-state index in [0.29, 0.717) is 52.2 Å². The van der Waals surface area contributed by atoms with E-state index >= 15 is 0 Å². The summed E-state index contributed by atoms with van der Waals surface area (Å²) in [4.78, 5) is 17.0. The molecule has 2 aromatic heterocycles. The van der Waals surface area contributed by atoms with Gasteiger partial charge in [0.25, 0.3) is 5.91 Å². The van der Waals surface area contributed by atoms with Crippen LogP contribution in [0.2, 0.25) is 0 Å². The number of hydrogen-bond donors (Lipinski definition) is 1. The van der Waals surface area contributed by atoms with Crippen molar-refractivity contribution in [2.24, 2.45) is 5.92 Å². The minimum absolute atomic E-state index is 0.268. The number of benzene rings is 2. The Balaban J connectivity index is 1.19. The Morgan fingerprint density at radius 2 is 1.86 bits per heavy atom. The Labute approximate surface area is 206 Å². The highest BCUT2D eigenvalue weighted by Gasteiger charge is 2.29. The summed E-state index contributed by atoms with van der Waals surface area (Å²) >= 11 is 1.36. The van der Waals surface area contributed by atoms with Gasteiger partial charge in [-0.1, -0.05) is 12.8 Å². The second-order valence-electron chi connectivity index (χ2n) is 8.91. The van der Waals surface area contributed by atoms with E-state index in [0.717, 1.165) is 30.7 Å². The van der Waals surface area contributed by atoms with Crippen molar-refractivity contribution >= 4 is 22.4 Å². The van der Waals surface area contributed by atoms with Crippen LogP contribution in [0.1, 0.15) is 54.3 Å². The van der Waals surface area contributed by atoms with Gasteiger partial charge in [-0.25, -0.2) is 4.98 Å². The van der Waals surface area contributed by atoms with Crippen molar-refractivity contribution < 1.29 is 18.7 Å². The fourth-order valence-corrected chi connectivity index (χ4v) is 4.22. The van der Waals surface area contributed by atoms with Crippen LogP contribution in [0.4, 0.5) is 5.13 Å². The average molecular weight is 489 g/mol. The summed E-state index contributed by atoms with van der Waals surface area (Å²) in [5.41, 5.74) is 1.27. The van der Waals surface area contributed by atoms with Crippen molar-refractivity contribution in [1.82, 2.24) is 15.2 Å². The second kappa shape index (κ2) is 9.50. The summed E-state index contributed by atoms with van der Waals surface area (Å²) in [6.07, 6.45) is 7.44. The Kier molecular flexibility index (Phi) is 5.91. The first kappa shape index (κ1) is 21.8. The minimum atomic E-state index is -0.268. The van der Waals surface area contributed by atoms with E-state index < -0.39 is 0 Å². The van der Waals surface area contributed by atoms with Gasteiger partial charge < -0.3 is 13.9 Å². The molecule has 2 heterocycles. The molecule has 2 fully saturated rings. The number of anilines is 1. The highest BCUT2D eigenvalue weighted by molar-refractivity contribution is 7.13. The fraction of sp³-hybridized carbons (Fsp3) is 0.308. The molecule has 178 valence electrons. The second-order valence-corrected chi connectivity index (χ2v) is 9.81. The van der Waals surface area contributed by atoms with E-state index in [-0.39, 0.29) is 5.91 Å². The van der Waals surface area contributed by atoms with Gasteiger partial charge in [-0.3, -0.25) is 10.1 Å². The van der Waals surface area contributed by atoms with Crippen LogP contribution >= 0.6 is 11.3 Å². The number of ether oxygens (including phenoxy) is 2. The molecule has 0 unspecified atom stereocenters. The maximum Gasteiger partial charge on any atom is 0.257 e. The van der Waals surface area contributed by atoms with Gasteiger partial charge in [0.2, 0.25) is 11.8 Å². The normalized spacial score (nSPS) is 15.1. The van der Waals surface area contributed by atoms with Gasteiger partial charge >= 0.3 is 0 Å². The molecule has 2 aromatic carbocycles. The van der Waals surface area contributed by atoms with Crippen LogP contribution in [0.3, 0.4) is 0 Å². The summed E-state index contributed by atoms with van der Waals surface area (Å²) in [6.45, 7) is 0.614. The lowest BCUT2D eigenvalue weighted by Crippen LogP contribution is -2.12. The molecular formula is C26H24N4O4S. The van der Waals surface area contributed by atoms with Gasteiger partial charge in [0, 0.05) is 34.7 Å². The first-order valence-electron chi connectivity index (χ1n) is 11.8. The monoisotopic (exact) mass is 488 g/mol. The van der Waals surface area contributed by atoms with Crippen molar-refractivity contribution in [2.45, 2.75) is 38.0 Å². The number of thiazole rings is 1. The van der Waals surface area contributed by atoms with E-state index in [2.05, 4.69) is 20.5 Å². The molecule has 35 heavy (non-hydrogen) atoms. The van der Waals surface area contributed by atoms with E-state index in [4.69, 9.17) is 13.9 Å². The van der Waals surface area contributed by atoms with Crippen molar-refractivity contribution in [3.05, 3.63) is 65.5 Å². The number of carbonyl (C=O) groups excluding carboxylic acids is 1. The molecule has 4 aromatic rings. The maximum absolute atomic E-state index is 12.8. The Bertz CT molecular complexity index is 1310. The lowest BCUT2D eigenvalue weighted by Gasteiger charge is -2.12. The smallest absolute Gasteiger partial charge is 0.257 e. The van der Waals surface area contributed by atoms with E-state index in [1.54, 1.807) is 24.4 Å². The Morgan fingerprint density at radius 1 is 1.03 bits per heavy atom. The topological polar surface area (TPSA) is 99.4 Å². The molecule has 8 nitrogen and oxygen atoms in total. The minimum Gasteiger partial charge on any atom is -0.493 e. The molecule has 6 rings (SSSR count). The fourth-order valence-electron chi connectivity index (χ4n) is 3.70. The molecule has 0 saturated heterocycles. The van der Waals surface area contributed by atoms with Crippen LogP contribution < -0.4 is 14.8 Å². The van der Waals surface area contributed by atoms with Crippen molar-refractivity contribution in [3.63, 3.8) is 0 Å². The van der Waals surface area contributed by atoms with Crippen molar-refractivity contribution in [3.8, 4) is 28.7 Å². The van der Waals surface area contributed by atoms with Gasteiger partial charge in [-0.2, -0.15) is 0 Å². The van der Waals surface area contributed by atoms with Gasteiger partial charge in [0.15, 0.2) is 5.13 Å². The number of aromatic nitrogens is 3. The largest absolute Gasteiger partial charge is 0.493 e. The summed E-state index contributed by atoms with van der Waals surface area (Å²) in [6, 6.07) is 12.7. The highest BCUT2D eigenvalue weighted by Crippen LogP contribution is 2.40. The third kappa shape index (κ3) is 5.51. The third-order valence-corrected chi connectivity index (χ3v) is 6.68. The first-order chi connectivity index (χ1) is 17.2. The van der Waals surface area contributed by atoms with Crippen LogP contribution in [-0.2, 0) is 0 Å². The lowest BCUT2D eigenvalue weighted by molar-refractivity contribution is 0.102. The molecular weight excluding hydrogens is 464 g/mol. The quantitative estimate of drug-likeness (QED) is 0.280. The molecule has 1 N–H and O–H groups in total. The zero-order valence-electron chi connectivity index (χ0n) is 19.0. The van der Waals surface area contributed by atoms with Crippen LogP contribution in [0.5, 0.6) is 17.2 Å². The van der Waals surface area contributed by atoms with E-state index in [1.807, 2.05) is 29.6 Å². The average Bonchev–Trinajstić information content (AvgIpc) is 3.79. The first-order valence-corrected chi connectivity index (χ1v) is 12.7. The van der Waals surface area contributed by atoms with E-state index in [1.165, 1.54) is 24.2 Å². The molecule has 9 heteroatoms. The molecule has 2 aliphatic carbocycles. The Morgan fingerprint density at radius 3 is 2.60 bits per heavy atom. The molecule has 1 amide bonds. The van der Waals surface area contributed by atoms with Gasteiger partial charge in [0.05, 0.1) is 6.61 Å². The summed E-state index contributed by atoms with van der Waals surface area (Å²) in [7, 11) is 0.